The number of carbonyl (C=O) groups is 1. The topological polar surface area (TPSA) is 29.5 Å². The van der Waals surface area contributed by atoms with Crippen molar-refractivity contribution in [1.29, 1.82) is 0 Å². The number of carbonyl (C=O) groups excluding carboxylic acids is 1. The summed E-state index contributed by atoms with van der Waals surface area (Å²) >= 11 is 1.72. The van der Waals surface area contributed by atoms with Gasteiger partial charge in [-0.25, -0.2) is 0 Å². The molecule has 22 heavy (non-hydrogen) atoms. The summed E-state index contributed by atoms with van der Waals surface area (Å²) in [5.74, 6) is 1.14. The minimum atomic E-state index is -0.0459. The van der Waals surface area contributed by atoms with Crippen molar-refractivity contribution in [2.75, 3.05) is 6.61 Å². The molecular weight excluding hydrogens is 294 g/mol. The molecule has 0 radical (unpaired) electrons. The SMILES string of the molecule is O=C(C1COc2ccccc2C1)N(Cc1cccs1)C1CC1. The van der Waals surface area contributed by atoms with Crippen LogP contribution in [-0.4, -0.2) is 23.5 Å². The van der Waals surface area contributed by atoms with E-state index in [1.165, 1.54) is 4.88 Å². The molecule has 3 nitrogen and oxygen atoms in total. The van der Waals surface area contributed by atoms with Crippen LogP contribution in [0.2, 0.25) is 0 Å². The first-order chi connectivity index (χ1) is 10.8. The number of benzene rings is 1. The molecule has 4 heteroatoms. The maximum atomic E-state index is 13.0. The molecule has 1 aliphatic carbocycles. The average Bonchev–Trinajstić information content (AvgIpc) is 3.27. The van der Waals surface area contributed by atoms with E-state index in [2.05, 4.69) is 28.5 Å². The van der Waals surface area contributed by atoms with Crippen molar-refractivity contribution in [2.24, 2.45) is 5.92 Å². The van der Waals surface area contributed by atoms with Gasteiger partial charge in [0, 0.05) is 10.9 Å². The molecule has 114 valence electrons. The fourth-order valence-corrected chi connectivity index (χ4v) is 3.77. The first-order valence-corrected chi connectivity index (χ1v) is 8.73. The normalized spacial score (nSPS) is 20.1. The zero-order valence-electron chi connectivity index (χ0n) is 12.4. The molecule has 1 aliphatic heterocycles. The van der Waals surface area contributed by atoms with Crippen molar-refractivity contribution in [3.05, 3.63) is 52.2 Å². The number of hydrogen-bond donors (Lipinski definition) is 0. The molecule has 1 aromatic heterocycles. The lowest BCUT2D eigenvalue weighted by molar-refractivity contribution is -0.138. The van der Waals surface area contributed by atoms with E-state index in [1.54, 1.807) is 11.3 Å². The predicted molar refractivity (Wildman–Crippen MR) is 87.0 cm³/mol. The van der Waals surface area contributed by atoms with Crippen molar-refractivity contribution in [3.8, 4) is 5.75 Å². The number of amides is 1. The Morgan fingerprint density at radius 3 is 2.86 bits per heavy atom. The minimum absolute atomic E-state index is 0.0459. The Morgan fingerprint density at radius 1 is 1.23 bits per heavy atom. The number of para-hydroxylation sites is 1. The second kappa shape index (κ2) is 5.76. The quantitative estimate of drug-likeness (QED) is 0.865. The molecule has 0 N–H and O–H groups in total. The highest BCUT2D eigenvalue weighted by molar-refractivity contribution is 7.09. The van der Waals surface area contributed by atoms with E-state index in [0.717, 1.165) is 37.1 Å². The van der Waals surface area contributed by atoms with Crippen molar-refractivity contribution >= 4 is 17.2 Å². The van der Waals surface area contributed by atoms with Crippen LogP contribution in [0.25, 0.3) is 0 Å². The summed E-state index contributed by atoms with van der Waals surface area (Å²) in [6, 6.07) is 12.6. The van der Waals surface area contributed by atoms with Crippen LogP contribution in [0.4, 0.5) is 0 Å². The summed E-state index contributed by atoms with van der Waals surface area (Å²) < 4.78 is 5.80. The summed E-state index contributed by atoms with van der Waals surface area (Å²) in [7, 11) is 0. The number of nitrogens with zero attached hydrogens (tertiary/aromatic N) is 1. The van der Waals surface area contributed by atoms with Gasteiger partial charge in [-0.05, 0) is 42.3 Å². The van der Waals surface area contributed by atoms with Gasteiger partial charge in [-0.2, -0.15) is 0 Å². The van der Waals surface area contributed by atoms with Crippen LogP contribution in [0, 0.1) is 5.92 Å². The van der Waals surface area contributed by atoms with Gasteiger partial charge >= 0.3 is 0 Å². The summed E-state index contributed by atoms with van der Waals surface area (Å²) in [5.41, 5.74) is 1.15. The van der Waals surface area contributed by atoms with Crippen LogP contribution in [-0.2, 0) is 17.8 Å². The van der Waals surface area contributed by atoms with E-state index < -0.39 is 0 Å². The standard InChI is InChI=1S/C18H19NO2S/c20-18(14-10-13-4-1-2-6-17(13)21-12-14)19(15-7-8-15)11-16-5-3-9-22-16/h1-6,9,14-15H,7-8,10-12H2. The van der Waals surface area contributed by atoms with E-state index in [-0.39, 0.29) is 11.8 Å². The van der Waals surface area contributed by atoms with Gasteiger partial charge in [0.1, 0.15) is 12.4 Å². The summed E-state index contributed by atoms with van der Waals surface area (Å²) in [4.78, 5) is 16.3. The first kappa shape index (κ1) is 13.8. The maximum absolute atomic E-state index is 13.0. The Morgan fingerprint density at radius 2 is 2.09 bits per heavy atom. The van der Waals surface area contributed by atoms with Crippen LogP contribution in [0.5, 0.6) is 5.75 Å². The first-order valence-electron chi connectivity index (χ1n) is 7.85. The number of rotatable bonds is 4. The van der Waals surface area contributed by atoms with Gasteiger partial charge in [0.05, 0.1) is 12.5 Å². The molecule has 0 saturated heterocycles. The lowest BCUT2D eigenvalue weighted by atomic mass is 9.95. The predicted octanol–water partition coefficient (Wildman–Crippen LogP) is 3.49. The third kappa shape index (κ3) is 2.75. The molecule has 2 heterocycles. The van der Waals surface area contributed by atoms with E-state index >= 15 is 0 Å². The van der Waals surface area contributed by atoms with E-state index in [0.29, 0.717) is 12.6 Å². The van der Waals surface area contributed by atoms with Gasteiger partial charge in [-0.3, -0.25) is 4.79 Å². The van der Waals surface area contributed by atoms with Crippen LogP contribution in [0.1, 0.15) is 23.3 Å². The highest BCUT2D eigenvalue weighted by Gasteiger charge is 2.37. The second-order valence-corrected chi connectivity index (χ2v) is 7.13. The summed E-state index contributed by atoms with van der Waals surface area (Å²) in [6.45, 7) is 1.25. The molecule has 2 aromatic rings. The van der Waals surface area contributed by atoms with Crippen LogP contribution in [0.15, 0.2) is 41.8 Å². The number of ether oxygens (including phenoxy) is 1. The lowest BCUT2D eigenvalue weighted by Gasteiger charge is -2.30. The fourth-order valence-electron chi connectivity index (χ4n) is 3.06. The Kier molecular flexibility index (Phi) is 3.62. The number of hydrogen-bond acceptors (Lipinski definition) is 3. The number of fused-ring (bicyclic) bond motifs is 1. The van der Waals surface area contributed by atoms with Crippen molar-refractivity contribution in [1.82, 2.24) is 4.90 Å². The van der Waals surface area contributed by atoms with Crippen LogP contribution in [0.3, 0.4) is 0 Å². The molecule has 1 amide bonds. The Balaban J connectivity index is 1.50. The Bertz CT molecular complexity index is 663. The lowest BCUT2D eigenvalue weighted by Crippen LogP contribution is -2.41. The third-order valence-corrected chi connectivity index (χ3v) is 5.27. The molecule has 0 bridgehead atoms. The van der Waals surface area contributed by atoms with Gasteiger partial charge in [-0.1, -0.05) is 24.3 Å². The smallest absolute Gasteiger partial charge is 0.230 e. The zero-order valence-corrected chi connectivity index (χ0v) is 13.2. The van der Waals surface area contributed by atoms with E-state index in [9.17, 15) is 4.79 Å². The molecule has 1 unspecified atom stereocenters. The largest absolute Gasteiger partial charge is 0.492 e. The van der Waals surface area contributed by atoms with Crippen LogP contribution < -0.4 is 4.74 Å². The van der Waals surface area contributed by atoms with Gasteiger partial charge in [0.2, 0.25) is 5.91 Å². The van der Waals surface area contributed by atoms with E-state index in [1.807, 2.05) is 18.2 Å². The summed E-state index contributed by atoms with van der Waals surface area (Å²) in [6.07, 6.45) is 3.07. The molecule has 1 saturated carbocycles. The average molecular weight is 313 g/mol. The summed E-state index contributed by atoms with van der Waals surface area (Å²) in [5, 5.41) is 2.07. The highest BCUT2D eigenvalue weighted by atomic mass is 32.1. The Hall–Kier alpha value is -1.81. The molecular formula is C18H19NO2S. The molecule has 1 fully saturated rings. The molecule has 1 atom stereocenters. The molecule has 4 rings (SSSR count). The van der Waals surface area contributed by atoms with Crippen LogP contribution >= 0.6 is 11.3 Å². The van der Waals surface area contributed by atoms with Crippen molar-refractivity contribution in [2.45, 2.75) is 31.8 Å². The fraction of sp³-hybridized carbons (Fsp3) is 0.389. The third-order valence-electron chi connectivity index (χ3n) is 4.41. The molecule has 2 aliphatic rings. The van der Waals surface area contributed by atoms with Crippen molar-refractivity contribution < 1.29 is 9.53 Å². The highest BCUT2D eigenvalue weighted by Crippen LogP contribution is 2.33. The van der Waals surface area contributed by atoms with Gasteiger partial charge < -0.3 is 9.64 Å². The number of thiophene rings is 1. The second-order valence-electron chi connectivity index (χ2n) is 6.10. The van der Waals surface area contributed by atoms with Gasteiger partial charge in [0.15, 0.2) is 0 Å². The zero-order chi connectivity index (χ0) is 14.9. The van der Waals surface area contributed by atoms with Gasteiger partial charge in [-0.15, -0.1) is 11.3 Å². The van der Waals surface area contributed by atoms with Gasteiger partial charge in [0.25, 0.3) is 0 Å². The molecule has 1 aromatic carbocycles. The maximum Gasteiger partial charge on any atom is 0.230 e. The Labute approximate surface area is 134 Å². The molecule has 0 spiro atoms. The minimum Gasteiger partial charge on any atom is -0.492 e. The monoisotopic (exact) mass is 313 g/mol. The van der Waals surface area contributed by atoms with Crippen molar-refractivity contribution in [3.63, 3.8) is 0 Å². The van der Waals surface area contributed by atoms with E-state index in [4.69, 9.17) is 4.74 Å².